The summed E-state index contributed by atoms with van der Waals surface area (Å²) in [6, 6.07) is 8.89. The summed E-state index contributed by atoms with van der Waals surface area (Å²) in [7, 11) is 0. The van der Waals surface area contributed by atoms with E-state index in [0.29, 0.717) is 18.6 Å². The first-order valence-electron chi connectivity index (χ1n) is 9.16. The van der Waals surface area contributed by atoms with E-state index in [0.717, 1.165) is 6.42 Å². The summed E-state index contributed by atoms with van der Waals surface area (Å²) < 4.78 is 11.7. The van der Waals surface area contributed by atoms with Gasteiger partial charge in [0.15, 0.2) is 0 Å². The first kappa shape index (κ1) is 21.2. The molecule has 0 aromatic heterocycles. The van der Waals surface area contributed by atoms with E-state index < -0.39 is 0 Å². The van der Waals surface area contributed by atoms with Crippen molar-refractivity contribution in [2.75, 3.05) is 6.61 Å². The fourth-order valence-corrected chi connectivity index (χ4v) is 3.17. The van der Waals surface area contributed by atoms with Crippen LogP contribution in [0.4, 0.5) is 0 Å². The van der Waals surface area contributed by atoms with Gasteiger partial charge in [0.25, 0.3) is 0 Å². The third kappa shape index (κ3) is 7.81. The average Bonchev–Trinajstić information content (AvgIpc) is 2.41. The molecule has 0 aliphatic carbocycles. The summed E-state index contributed by atoms with van der Waals surface area (Å²) in [6.07, 6.45) is 1.40. The van der Waals surface area contributed by atoms with Crippen molar-refractivity contribution in [2.24, 2.45) is 5.41 Å². The Morgan fingerprint density at radius 2 is 1.42 bits per heavy atom. The quantitative estimate of drug-likeness (QED) is 0.570. The molecule has 0 atom stereocenters. The monoisotopic (exact) mass is 334 g/mol. The van der Waals surface area contributed by atoms with Crippen LogP contribution in [-0.4, -0.2) is 18.3 Å². The molecule has 0 N–H and O–H groups in total. The normalized spacial score (nSPS) is 13.6. The summed E-state index contributed by atoms with van der Waals surface area (Å²) in [5.74, 6) is 0. The Balaban J connectivity index is 2.65. The van der Waals surface area contributed by atoms with Crippen LogP contribution in [0, 0.1) is 5.41 Å². The van der Waals surface area contributed by atoms with Gasteiger partial charge in [-0.15, -0.1) is 0 Å². The van der Waals surface area contributed by atoms with E-state index in [4.69, 9.17) is 9.47 Å². The first-order chi connectivity index (χ1) is 10.8. The first-order valence-corrected chi connectivity index (χ1v) is 9.16. The minimum Gasteiger partial charge on any atom is -0.376 e. The van der Waals surface area contributed by atoms with Crippen molar-refractivity contribution in [2.45, 2.75) is 92.5 Å². The van der Waals surface area contributed by atoms with E-state index in [9.17, 15) is 0 Å². The van der Waals surface area contributed by atoms with Crippen LogP contribution in [0.2, 0.25) is 0 Å². The Morgan fingerprint density at radius 1 is 0.875 bits per heavy atom. The molecule has 0 saturated carbocycles. The topological polar surface area (TPSA) is 18.5 Å². The second-order valence-corrected chi connectivity index (χ2v) is 9.73. The van der Waals surface area contributed by atoms with Crippen molar-refractivity contribution < 1.29 is 9.47 Å². The molecule has 0 aliphatic rings. The van der Waals surface area contributed by atoms with Gasteiger partial charge in [-0.3, -0.25) is 0 Å². The molecule has 1 aromatic rings. The summed E-state index contributed by atoms with van der Waals surface area (Å²) in [6.45, 7) is 21.1. The third-order valence-electron chi connectivity index (χ3n) is 4.10. The second kappa shape index (κ2) is 8.01. The van der Waals surface area contributed by atoms with Gasteiger partial charge in [-0.2, -0.15) is 0 Å². The lowest BCUT2D eigenvalue weighted by Gasteiger charge is -2.33. The van der Waals surface area contributed by atoms with Crippen LogP contribution in [0.3, 0.4) is 0 Å². The highest BCUT2D eigenvalue weighted by molar-refractivity contribution is 5.28. The van der Waals surface area contributed by atoms with Gasteiger partial charge < -0.3 is 9.47 Å². The predicted octanol–water partition coefficient (Wildman–Crippen LogP) is 6.12. The van der Waals surface area contributed by atoms with Crippen LogP contribution in [-0.2, 0) is 21.5 Å². The fraction of sp³-hybridized carbons (Fsp3) is 0.727. The number of hydrogen-bond donors (Lipinski definition) is 0. The van der Waals surface area contributed by atoms with Gasteiger partial charge in [-0.25, -0.2) is 0 Å². The van der Waals surface area contributed by atoms with E-state index in [1.54, 1.807) is 0 Å². The third-order valence-corrected chi connectivity index (χ3v) is 4.10. The molecule has 0 aliphatic heterocycles. The zero-order valence-electron chi connectivity index (χ0n) is 17.3. The van der Waals surface area contributed by atoms with E-state index in [-0.39, 0.29) is 17.1 Å². The zero-order chi connectivity index (χ0) is 18.6. The Morgan fingerprint density at radius 3 is 1.88 bits per heavy atom. The van der Waals surface area contributed by atoms with Crippen molar-refractivity contribution in [1.29, 1.82) is 0 Å². The molecule has 2 nitrogen and oxygen atoms in total. The summed E-state index contributed by atoms with van der Waals surface area (Å²) >= 11 is 0. The Labute approximate surface area is 149 Å². The molecule has 0 fully saturated rings. The van der Waals surface area contributed by atoms with Crippen LogP contribution >= 0.6 is 0 Å². The molecular weight excluding hydrogens is 296 g/mol. The van der Waals surface area contributed by atoms with Crippen LogP contribution in [0.15, 0.2) is 24.3 Å². The lowest BCUT2D eigenvalue weighted by atomic mass is 9.72. The molecular formula is C22H38O2. The van der Waals surface area contributed by atoms with Gasteiger partial charge in [0.2, 0.25) is 0 Å². The van der Waals surface area contributed by atoms with Crippen molar-refractivity contribution in [1.82, 2.24) is 0 Å². The van der Waals surface area contributed by atoms with Gasteiger partial charge in [0.1, 0.15) is 0 Å². The van der Waals surface area contributed by atoms with Crippen molar-refractivity contribution in [3.05, 3.63) is 35.4 Å². The minimum atomic E-state index is -0.269. The molecule has 2 heteroatoms. The van der Waals surface area contributed by atoms with Crippen LogP contribution in [0.25, 0.3) is 0 Å². The molecule has 0 spiro atoms. The fourth-order valence-electron chi connectivity index (χ4n) is 3.17. The molecule has 1 rings (SSSR count). The molecule has 0 bridgehead atoms. The summed E-state index contributed by atoms with van der Waals surface area (Å²) in [4.78, 5) is 0. The van der Waals surface area contributed by atoms with E-state index >= 15 is 0 Å². The molecule has 0 radical (unpaired) electrons. The summed E-state index contributed by atoms with van der Waals surface area (Å²) in [5, 5.41) is 0. The number of benzene rings is 1. The van der Waals surface area contributed by atoms with Gasteiger partial charge >= 0.3 is 0 Å². The number of hydrogen-bond acceptors (Lipinski definition) is 2. The van der Waals surface area contributed by atoms with Crippen molar-refractivity contribution in [3.63, 3.8) is 0 Å². The standard InChI is InChI=1S/C22H38O2/c1-17(2)23-16-22(8,9)24-14-18-10-12-19(13-11-18)21(6,7)15-20(3,4)5/h10-13,17H,14-16H2,1-9H3. The molecule has 0 heterocycles. The van der Waals surface area contributed by atoms with Crippen LogP contribution in [0.5, 0.6) is 0 Å². The number of ether oxygens (including phenoxy) is 2. The minimum absolute atomic E-state index is 0.183. The van der Waals surface area contributed by atoms with Gasteiger partial charge in [-0.05, 0) is 56.1 Å². The maximum Gasteiger partial charge on any atom is 0.0863 e. The molecule has 0 saturated heterocycles. The smallest absolute Gasteiger partial charge is 0.0863 e. The largest absolute Gasteiger partial charge is 0.376 e. The Bertz CT molecular complexity index is 490. The molecule has 24 heavy (non-hydrogen) atoms. The highest BCUT2D eigenvalue weighted by Gasteiger charge is 2.27. The predicted molar refractivity (Wildman–Crippen MR) is 103 cm³/mol. The van der Waals surface area contributed by atoms with Crippen LogP contribution < -0.4 is 0 Å². The Kier molecular flexibility index (Phi) is 7.07. The van der Waals surface area contributed by atoms with Gasteiger partial charge in [0.05, 0.1) is 24.9 Å². The average molecular weight is 335 g/mol. The van der Waals surface area contributed by atoms with E-state index in [1.807, 2.05) is 13.8 Å². The van der Waals surface area contributed by atoms with Crippen molar-refractivity contribution in [3.8, 4) is 0 Å². The van der Waals surface area contributed by atoms with Gasteiger partial charge in [-0.1, -0.05) is 58.9 Å². The Hall–Kier alpha value is -0.860. The molecule has 138 valence electrons. The van der Waals surface area contributed by atoms with Crippen LogP contribution in [0.1, 0.15) is 79.9 Å². The van der Waals surface area contributed by atoms with E-state index in [2.05, 4.69) is 72.7 Å². The lowest BCUT2D eigenvalue weighted by Crippen LogP contribution is -2.32. The molecule has 0 unspecified atom stereocenters. The highest BCUT2D eigenvalue weighted by Crippen LogP contribution is 2.36. The maximum absolute atomic E-state index is 6.05. The summed E-state index contributed by atoms with van der Waals surface area (Å²) in [5.41, 5.74) is 2.84. The molecule has 0 amide bonds. The second-order valence-electron chi connectivity index (χ2n) is 9.73. The van der Waals surface area contributed by atoms with E-state index in [1.165, 1.54) is 11.1 Å². The van der Waals surface area contributed by atoms with Gasteiger partial charge in [0, 0.05) is 0 Å². The lowest BCUT2D eigenvalue weighted by molar-refractivity contribution is -0.0954. The SMILES string of the molecule is CC(C)OCC(C)(C)OCc1ccc(C(C)(C)CC(C)(C)C)cc1. The number of rotatable bonds is 8. The molecule has 1 aromatic carbocycles. The maximum atomic E-state index is 6.05. The zero-order valence-corrected chi connectivity index (χ0v) is 17.3. The highest BCUT2D eigenvalue weighted by atomic mass is 16.5. The van der Waals surface area contributed by atoms with Crippen molar-refractivity contribution >= 4 is 0 Å².